The number of nitrogens with one attached hydrogen (secondary N) is 1. The number of ether oxygens (including phenoxy) is 1. The van der Waals surface area contributed by atoms with E-state index in [1.807, 2.05) is 0 Å². The molecule has 1 fully saturated rings. The summed E-state index contributed by atoms with van der Waals surface area (Å²) in [4.78, 5) is 0. The van der Waals surface area contributed by atoms with Crippen LogP contribution in [0, 0.1) is 0 Å². The van der Waals surface area contributed by atoms with Gasteiger partial charge in [0.15, 0.2) is 0 Å². The quantitative estimate of drug-likeness (QED) is 0.805. The Kier molecular flexibility index (Phi) is 3.84. The molecule has 2 aliphatic rings. The second kappa shape index (κ2) is 5.75. The molecule has 1 aromatic rings. The van der Waals surface area contributed by atoms with E-state index in [0.717, 1.165) is 24.8 Å². The Bertz CT molecular complexity index is 396. The van der Waals surface area contributed by atoms with E-state index in [1.165, 1.54) is 56.2 Å². The largest absolute Gasteiger partial charge is 0.494 e. The molecule has 1 N–H and O–H groups in total. The molecule has 1 heterocycles. The Hall–Kier alpha value is -1.02. The van der Waals surface area contributed by atoms with E-state index in [4.69, 9.17) is 4.74 Å². The second-order valence-corrected chi connectivity index (χ2v) is 5.57. The fraction of sp³-hybridized carbons (Fsp3) is 0.625. The molecular formula is C16H23NO. The van der Waals surface area contributed by atoms with Crippen LogP contribution in [-0.4, -0.2) is 19.2 Å². The number of fused-ring (bicyclic) bond motifs is 1. The summed E-state index contributed by atoms with van der Waals surface area (Å²) < 4.78 is 5.86. The van der Waals surface area contributed by atoms with E-state index >= 15 is 0 Å². The molecule has 2 heteroatoms. The minimum absolute atomic E-state index is 0.744. The van der Waals surface area contributed by atoms with Gasteiger partial charge in [0.2, 0.25) is 0 Å². The molecule has 1 aliphatic carbocycles. The lowest BCUT2D eigenvalue weighted by Crippen LogP contribution is -2.21. The number of rotatable bonds is 5. The molecule has 98 valence electrons. The summed E-state index contributed by atoms with van der Waals surface area (Å²) in [5.41, 5.74) is 3.03. The van der Waals surface area contributed by atoms with Crippen LogP contribution in [0.1, 0.15) is 43.2 Å². The third-order valence-corrected chi connectivity index (χ3v) is 4.20. The van der Waals surface area contributed by atoms with Gasteiger partial charge in [0.1, 0.15) is 5.75 Å². The molecule has 0 spiro atoms. The highest BCUT2D eigenvalue weighted by molar-refractivity contribution is 5.38. The molecule has 0 amide bonds. The van der Waals surface area contributed by atoms with Gasteiger partial charge in [-0.25, -0.2) is 0 Å². The minimum atomic E-state index is 0.744. The standard InChI is InChI=1S/C16H23NO/c1-4-13-8-9-16(12-14(13)5-1)18-11-3-7-15-6-2-10-17-15/h8-9,12,15,17H,1-7,10-11H2. The first kappa shape index (κ1) is 12.0. The Morgan fingerprint density at radius 3 is 3.00 bits per heavy atom. The first-order valence-electron chi connectivity index (χ1n) is 7.40. The fourth-order valence-electron chi connectivity index (χ4n) is 3.16. The van der Waals surface area contributed by atoms with Crippen molar-refractivity contribution in [2.45, 2.75) is 51.0 Å². The third-order valence-electron chi connectivity index (χ3n) is 4.20. The Labute approximate surface area is 110 Å². The normalized spacial score (nSPS) is 22.1. The lowest BCUT2D eigenvalue weighted by atomic mass is 10.1. The molecule has 1 atom stereocenters. The zero-order valence-corrected chi connectivity index (χ0v) is 11.1. The predicted octanol–water partition coefficient (Wildman–Crippen LogP) is 3.09. The van der Waals surface area contributed by atoms with Crippen LogP contribution in [0.15, 0.2) is 18.2 Å². The lowest BCUT2D eigenvalue weighted by Gasteiger charge is -2.11. The monoisotopic (exact) mass is 245 g/mol. The van der Waals surface area contributed by atoms with Crippen molar-refractivity contribution in [1.82, 2.24) is 5.32 Å². The van der Waals surface area contributed by atoms with Crippen LogP contribution in [0.4, 0.5) is 0 Å². The van der Waals surface area contributed by atoms with Crippen LogP contribution in [-0.2, 0) is 12.8 Å². The minimum Gasteiger partial charge on any atom is -0.494 e. The maximum Gasteiger partial charge on any atom is 0.119 e. The van der Waals surface area contributed by atoms with Crippen LogP contribution in [0.2, 0.25) is 0 Å². The summed E-state index contributed by atoms with van der Waals surface area (Å²) in [6.45, 7) is 2.06. The van der Waals surface area contributed by atoms with Crippen molar-refractivity contribution in [2.24, 2.45) is 0 Å². The molecular weight excluding hydrogens is 222 g/mol. The summed E-state index contributed by atoms with van der Waals surface area (Å²) in [6.07, 6.45) is 8.91. The number of hydrogen-bond acceptors (Lipinski definition) is 2. The third kappa shape index (κ3) is 2.86. The zero-order valence-electron chi connectivity index (χ0n) is 11.1. The van der Waals surface area contributed by atoms with E-state index in [0.29, 0.717) is 0 Å². The van der Waals surface area contributed by atoms with Crippen LogP contribution in [0.5, 0.6) is 5.75 Å². The van der Waals surface area contributed by atoms with Crippen molar-refractivity contribution in [3.8, 4) is 5.75 Å². The van der Waals surface area contributed by atoms with Crippen LogP contribution >= 0.6 is 0 Å². The predicted molar refractivity (Wildman–Crippen MR) is 74.2 cm³/mol. The van der Waals surface area contributed by atoms with Gasteiger partial charge in [-0.3, -0.25) is 0 Å². The summed E-state index contributed by atoms with van der Waals surface area (Å²) in [5, 5.41) is 3.53. The van der Waals surface area contributed by atoms with Crippen molar-refractivity contribution in [1.29, 1.82) is 0 Å². The van der Waals surface area contributed by atoms with Crippen molar-refractivity contribution in [2.75, 3.05) is 13.2 Å². The number of benzene rings is 1. The topological polar surface area (TPSA) is 21.3 Å². The maximum absolute atomic E-state index is 5.86. The lowest BCUT2D eigenvalue weighted by molar-refractivity contribution is 0.298. The zero-order chi connectivity index (χ0) is 12.2. The number of hydrogen-bond donors (Lipinski definition) is 1. The Morgan fingerprint density at radius 2 is 2.11 bits per heavy atom. The molecule has 0 saturated carbocycles. The van der Waals surface area contributed by atoms with Crippen molar-refractivity contribution < 1.29 is 4.74 Å². The highest BCUT2D eigenvalue weighted by Gasteiger charge is 2.13. The van der Waals surface area contributed by atoms with E-state index in [9.17, 15) is 0 Å². The Morgan fingerprint density at radius 1 is 1.17 bits per heavy atom. The number of aryl methyl sites for hydroxylation is 2. The molecule has 2 nitrogen and oxygen atoms in total. The van der Waals surface area contributed by atoms with Gasteiger partial charge in [-0.15, -0.1) is 0 Å². The first-order chi connectivity index (χ1) is 8.92. The highest BCUT2D eigenvalue weighted by atomic mass is 16.5. The van der Waals surface area contributed by atoms with Crippen LogP contribution in [0.3, 0.4) is 0 Å². The highest BCUT2D eigenvalue weighted by Crippen LogP contribution is 2.26. The molecule has 1 saturated heterocycles. The van der Waals surface area contributed by atoms with Gasteiger partial charge in [-0.1, -0.05) is 6.07 Å². The fourth-order valence-corrected chi connectivity index (χ4v) is 3.16. The molecule has 1 unspecified atom stereocenters. The van der Waals surface area contributed by atoms with Crippen LogP contribution < -0.4 is 10.1 Å². The van der Waals surface area contributed by atoms with Gasteiger partial charge in [-0.05, 0) is 74.8 Å². The summed E-state index contributed by atoms with van der Waals surface area (Å²) in [7, 11) is 0. The molecule has 0 radical (unpaired) electrons. The van der Waals surface area contributed by atoms with Gasteiger partial charge in [-0.2, -0.15) is 0 Å². The van der Waals surface area contributed by atoms with Gasteiger partial charge in [0.25, 0.3) is 0 Å². The Balaban J connectivity index is 1.42. The molecule has 1 aliphatic heterocycles. The van der Waals surface area contributed by atoms with Gasteiger partial charge < -0.3 is 10.1 Å². The van der Waals surface area contributed by atoms with E-state index in [2.05, 4.69) is 23.5 Å². The second-order valence-electron chi connectivity index (χ2n) is 5.57. The maximum atomic E-state index is 5.86. The summed E-state index contributed by atoms with van der Waals surface area (Å²) in [5.74, 6) is 1.06. The van der Waals surface area contributed by atoms with Gasteiger partial charge >= 0.3 is 0 Å². The van der Waals surface area contributed by atoms with Crippen molar-refractivity contribution in [3.05, 3.63) is 29.3 Å². The van der Waals surface area contributed by atoms with Gasteiger partial charge in [0.05, 0.1) is 6.61 Å². The molecule has 0 bridgehead atoms. The average molecular weight is 245 g/mol. The first-order valence-corrected chi connectivity index (χ1v) is 7.40. The van der Waals surface area contributed by atoms with Crippen molar-refractivity contribution in [3.63, 3.8) is 0 Å². The van der Waals surface area contributed by atoms with E-state index in [-0.39, 0.29) is 0 Å². The van der Waals surface area contributed by atoms with Gasteiger partial charge in [0, 0.05) is 6.04 Å². The molecule has 0 aromatic heterocycles. The molecule has 3 rings (SSSR count). The smallest absolute Gasteiger partial charge is 0.119 e. The summed E-state index contributed by atoms with van der Waals surface area (Å²) in [6, 6.07) is 7.37. The molecule has 1 aromatic carbocycles. The molecule has 18 heavy (non-hydrogen) atoms. The SMILES string of the molecule is c1cc2c(cc1OCCCC1CCCN1)CCC2. The van der Waals surface area contributed by atoms with E-state index in [1.54, 1.807) is 0 Å². The van der Waals surface area contributed by atoms with Crippen LogP contribution in [0.25, 0.3) is 0 Å². The van der Waals surface area contributed by atoms with E-state index < -0.39 is 0 Å². The van der Waals surface area contributed by atoms with Crippen molar-refractivity contribution >= 4 is 0 Å². The summed E-state index contributed by atoms with van der Waals surface area (Å²) >= 11 is 0. The average Bonchev–Trinajstić information content (AvgIpc) is 3.05.